The second-order valence-electron chi connectivity index (χ2n) is 4.44. The first-order valence-electron chi connectivity index (χ1n) is 5.33. The Morgan fingerprint density at radius 2 is 2.06 bits per heavy atom. The molecule has 0 unspecified atom stereocenters. The standard InChI is InChI=1S/C12H14ClN3S/c1-12(2,10-4-3-5-17-10)8-16-11-14-6-9(13)7-15-11/h3-7H,8H2,1-2H3,(H,14,15,16). The maximum atomic E-state index is 5.73. The van der Waals surface area contributed by atoms with Gasteiger partial charge in [-0.3, -0.25) is 0 Å². The van der Waals surface area contributed by atoms with Crippen molar-refractivity contribution >= 4 is 28.9 Å². The minimum atomic E-state index is 0.0666. The van der Waals surface area contributed by atoms with E-state index in [9.17, 15) is 0 Å². The zero-order chi connectivity index (χ0) is 12.3. The van der Waals surface area contributed by atoms with Gasteiger partial charge < -0.3 is 5.32 Å². The number of nitrogens with zero attached hydrogens (tertiary/aromatic N) is 2. The highest BCUT2D eigenvalue weighted by atomic mass is 35.5. The summed E-state index contributed by atoms with van der Waals surface area (Å²) in [5.74, 6) is 0.610. The second kappa shape index (κ2) is 5.02. The molecule has 2 aromatic rings. The summed E-state index contributed by atoms with van der Waals surface area (Å²) in [7, 11) is 0. The van der Waals surface area contributed by atoms with Gasteiger partial charge in [-0.15, -0.1) is 11.3 Å². The van der Waals surface area contributed by atoms with Gasteiger partial charge in [0, 0.05) is 16.8 Å². The second-order valence-corrected chi connectivity index (χ2v) is 5.82. The van der Waals surface area contributed by atoms with Crippen molar-refractivity contribution in [2.45, 2.75) is 19.3 Å². The SMILES string of the molecule is CC(C)(CNc1ncc(Cl)cn1)c1cccs1. The minimum Gasteiger partial charge on any atom is -0.353 e. The Balaban J connectivity index is 2.00. The lowest BCUT2D eigenvalue weighted by atomic mass is 9.91. The predicted molar refractivity (Wildman–Crippen MR) is 72.9 cm³/mol. The number of rotatable bonds is 4. The van der Waals surface area contributed by atoms with E-state index >= 15 is 0 Å². The Morgan fingerprint density at radius 3 is 2.65 bits per heavy atom. The predicted octanol–water partition coefficient (Wildman–Crippen LogP) is 3.58. The average Bonchev–Trinajstić information content (AvgIpc) is 2.82. The number of nitrogens with one attached hydrogen (secondary N) is 1. The normalized spacial score (nSPS) is 11.5. The molecule has 0 bridgehead atoms. The van der Waals surface area contributed by atoms with Crippen molar-refractivity contribution in [1.29, 1.82) is 0 Å². The highest BCUT2D eigenvalue weighted by Gasteiger charge is 2.21. The third kappa shape index (κ3) is 3.17. The lowest BCUT2D eigenvalue weighted by Crippen LogP contribution is -2.27. The summed E-state index contributed by atoms with van der Waals surface area (Å²) >= 11 is 7.50. The van der Waals surface area contributed by atoms with E-state index < -0.39 is 0 Å². The van der Waals surface area contributed by atoms with Gasteiger partial charge in [-0.25, -0.2) is 9.97 Å². The van der Waals surface area contributed by atoms with Crippen molar-refractivity contribution in [2.24, 2.45) is 0 Å². The lowest BCUT2D eigenvalue weighted by molar-refractivity contribution is 0.567. The van der Waals surface area contributed by atoms with Crippen LogP contribution < -0.4 is 5.32 Å². The number of thiophene rings is 1. The molecule has 2 aromatic heterocycles. The zero-order valence-corrected chi connectivity index (χ0v) is 11.3. The van der Waals surface area contributed by atoms with Crippen LogP contribution in [0.4, 0.5) is 5.95 Å². The van der Waals surface area contributed by atoms with E-state index in [2.05, 4.69) is 46.6 Å². The fraction of sp³-hybridized carbons (Fsp3) is 0.333. The number of hydrogen-bond acceptors (Lipinski definition) is 4. The molecule has 17 heavy (non-hydrogen) atoms. The van der Waals surface area contributed by atoms with Gasteiger partial charge in [0.05, 0.1) is 17.4 Å². The zero-order valence-electron chi connectivity index (χ0n) is 9.77. The molecule has 0 aliphatic rings. The summed E-state index contributed by atoms with van der Waals surface area (Å²) < 4.78 is 0. The summed E-state index contributed by atoms with van der Waals surface area (Å²) in [4.78, 5) is 9.57. The number of aromatic nitrogens is 2. The molecule has 3 nitrogen and oxygen atoms in total. The molecular weight excluding hydrogens is 254 g/mol. The molecule has 0 saturated carbocycles. The molecule has 1 N–H and O–H groups in total. The average molecular weight is 268 g/mol. The lowest BCUT2D eigenvalue weighted by Gasteiger charge is -2.23. The molecule has 0 fully saturated rings. The van der Waals surface area contributed by atoms with E-state index in [1.807, 2.05) is 0 Å². The molecule has 0 radical (unpaired) electrons. The summed E-state index contributed by atoms with van der Waals surface area (Å²) in [5.41, 5.74) is 0.0666. The topological polar surface area (TPSA) is 37.8 Å². The van der Waals surface area contributed by atoms with Gasteiger partial charge in [0.1, 0.15) is 0 Å². The van der Waals surface area contributed by atoms with E-state index in [1.54, 1.807) is 23.7 Å². The fourth-order valence-corrected chi connectivity index (χ4v) is 2.40. The van der Waals surface area contributed by atoms with Gasteiger partial charge in [-0.2, -0.15) is 0 Å². The van der Waals surface area contributed by atoms with E-state index in [0.29, 0.717) is 11.0 Å². The molecule has 0 aromatic carbocycles. The number of hydrogen-bond donors (Lipinski definition) is 1. The molecule has 0 saturated heterocycles. The molecular formula is C12H14ClN3S. The Morgan fingerprint density at radius 1 is 1.35 bits per heavy atom. The number of halogens is 1. The van der Waals surface area contributed by atoms with Crippen LogP contribution >= 0.6 is 22.9 Å². The van der Waals surface area contributed by atoms with Gasteiger partial charge in [-0.05, 0) is 11.4 Å². The monoisotopic (exact) mass is 267 g/mol. The van der Waals surface area contributed by atoms with E-state index in [1.165, 1.54) is 4.88 Å². The van der Waals surface area contributed by atoms with Crippen LogP contribution in [0.5, 0.6) is 0 Å². The Kier molecular flexibility index (Phi) is 3.64. The van der Waals surface area contributed by atoms with Crippen LogP contribution in [0.2, 0.25) is 5.02 Å². The summed E-state index contributed by atoms with van der Waals surface area (Å²) in [6.45, 7) is 5.18. The molecule has 5 heteroatoms. The highest BCUT2D eigenvalue weighted by molar-refractivity contribution is 7.10. The van der Waals surface area contributed by atoms with Gasteiger partial charge in [-0.1, -0.05) is 31.5 Å². The van der Waals surface area contributed by atoms with Crippen molar-refractivity contribution in [3.63, 3.8) is 0 Å². The van der Waals surface area contributed by atoms with Crippen molar-refractivity contribution in [3.8, 4) is 0 Å². The van der Waals surface area contributed by atoms with Crippen LogP contribution in [-0.2, 0) is 5.41 Å². The molecule has 0 amide bonds. The summed E-state index contributed by atoms with van der Waals surface area (Å²) in [6.07, 6.45) is 3.18. The quantitative estimate of drug-likeness (QED) is 0.920. The highest BCUT2D eigenvalue weighted by Crippen LogP contribution is 2.27. The Bertz CT molecular complexity index is 465. The van der Waals surface area contributed by atoms with Crippen molar-refractivity contribution < 1.29 is 0 Å². The summed E-state index contributed by atoms with van der Waals surface area (Å²) in [5, 5.41) is 5.87. The summed E-state index contributed by atoms with van der Waals surface area (Å²) in [6, 6.07) is 4.22. The third-order valence-electron chi connectivity index (χ3n) is 2.50. The largest absolute Gasteiger partial charge is 0.353 e. The molecule has 0 spiro atoms. The van der Waals surface area contributed by atoms with Crippen molar-refractivity contribution in [3.05, 3.63) is 39.8 Å². The Labute approximate surface area is 110 Å². The molecule has 2 heterocycles. The molecule has 0 aliphatic heterocycles. The van der Waals surface area contributed by atoms with E-state index in [0.717, 1.165) is 6.54 Å². The molecule has 0 atom stereocenters. The fourth-order valence-electron chi connectivity index (χ4n) is 1.45. The van der Waals surface area contributed by atoms with Crippen molar-refractivity contribution in [2.75, 3.05) is 11.9 Å². The van der Waals surface area contributed by atoms with Gasteiger partial charge in [0.25, 0.3) is 0 Å². The minimum absolute atomic E-state index is 0.0666. The smallest absolute Gasteiger partial charge is 0.222 e. The van der Waals surface area contributed by atoms with Gasteiger partial charge in [0.2, 0.25) is 5.95 Å². The van der Waals surface area contributed by atoms with Gasteiger partial charge >= 0.3 is 0 Å². The van der Waals surface area contributed by atoms with Crippen molar-refractivity contribution in [1.82, 2.24) is 9.97 Å². The molecule has 90 valence electrons. The molecule has 0 aliphatic carbocycles. The maximum absolute atomic E-state index is 5.73. The maximum Gasteiger partial charge on any atom is 0.222 e. The van der Waals surface area contributed by atoms with E-state index in [-0.39, 0.29) is 5.41 Å². The first kappa shape index (κ1) is 12.3. The van der Waals surface area contributed by atoms with Crippen LogP contribution in [0, 0.1) is 0 Å². The van der Waals surface area contributed by atoms with Crippen LogP contribution in [0.25, 0.3) is 0 Å². The van der Waals surface area contributed by atoms with Crippen LogP contribution in [0.15, 0.2) is 29.9 Å². The molecule has 2 rings (SSSR count). The number of anilines is 1. The van der Waals surface area contributed by atoms with Crippen LogP contribution in [0.1, 0.15) is 18.7 Å². The first-order valence-corrected chi connectivity index (χ1v) is 6.59. The van der Waals surface area contributed by atoms with E-state index in [4.69, 9.17) is 11.6 Å². The van der Waals surface area contributed by atoms with Gasteiger partial charge in [0.15, 0.2) is 0 Å². The third-order valence-corrected chi connectivity index (χ3v) is 3.93. The first-order chi connectivity index (χ1) is 8.08. The van der Waals surface area contributed by atoms with Crippen LogP contribution in [0.3, 0.4) is 0 Å². The van der Waals surface area contributed by atoms with Crippen LogP contribution in [-0.4, -0.2) is 16.5 Å². The Hall–Kier alpha value is -1.13.